The topological polar surface area (TPSA) is 3.88 Å². The van der Waals surface area contributed by atoms with Crippen LogP contribution in [0.5, 0.6) is 0 Å². The standard InChI is InChI=1S/C34H40N/c1-20(2)32(21(3)4)24-14-15-26-25(18-24)17-23(6)35(9)33(26)28-19-31-29(16-22(28)5)27-12-10-11-13-30(27)34(31,7)8/h10-21,32H,1-9H3/q+1. The second-order valence-corrected chi connectivity index (χ2v) is 11.9. The molecule has 1 aliphatic carbocycles. The van der Waals surface area contributed by atoms with E-state index >= 15 is 0 Å². The summed E-state index contributed by atoms with van der Waals surface area (Å²) in [4.78, 5) is 0. The lowest BCUT2D eigenvalue weighted by Gasteiger charge is -2.26. The molecule has 0 amide bonds. The van der Waals surface area contributed by atoms with Crippen molar-refractivity contribution in [2.75, 3.05) is 0 Å². The summed E-state index contributed by atoms with van der Waals surface area (Å²) in [6, 6.07) is 23.4. The number of pyridine rings is 1. The van der Waals surface area contributed by atoms with Gasteiger partial charge < -0.3 is 0 Å². The smallest absolute Gasteiger partial charge is 0.198 e. The van der Waals surface area contributed by atoms with Gasteiger partial charge in [-0.3, -0.25) is 0 Å². The van der Waals surface area contributed by atoms with Crippen molar-refractivity contribution < 1.29 is 4.57 Å². The number of hydrogen-bond donors (Lipinski definition) is 0. The van der Waals surface area contributed by atoms with E-state index in [1.807, 2.05) is 0 Å². The maximum absolute atomic E-state index is 2.48. The highest BCUT2D eigenvalue weighted by Gasteiger charge is 2.36. The fourth-order valence-electron chi connectivity index (χ4n) is 6.78. The average molecular weight is 463 g/mol. The molecule has 0 radical (unpaired) electrons. The highest BCUT2D eigenvalue weighted by atomic mass is 14.9. The zero-order valence-corrected chi connectivity index (χ0v) is 23.0. The molecule has 0 spiro atoms. The molecule has 3 aromatic carbocycles. The number of aryl methyl sites for hydroxylation is 2. The summed E-state index contributed by atoms with van der Waals surface area (Å²) in [6.07, 6.45) is 0. The number of rotatable bonds is 4. The van der Waals surface area contributed by atoms with E-state index in [4.69, 9.17) is 0 Å². The summed E-state index contributed by atoms with van der Waals surface area (Å²) in [5, 5.41) is 2.69. The summed E-state index contributed by atoms with van der Waals surface area (Å²) >= 11 is 0. The molecule has 1 heterocycles. The average Bonchev–Trinajstić information content (AvgIpc) is 3.01. The van der Waals surface area contributed by atoms with Crippen molar-refractivity contribution in [1.82, 2.24) is 0 Å². The van der Waals surface area contributed by atoms with Crippen LogP contribution in [0.1, 0.15) is 75.4 Å². The molecule has 0 atom stereocenters. The first-order valence-corrected chi connectivity index (χ1v) is 13.2. The molecule has 1 aromatic heterocycles. The molecule has 0 saturated heterocycles. The van der Waals surface area contributed by atoms with E-state index in [2.05, 4.69) is 128 Å². The van der Waals surface area contributed by atoms with Crippen molar-refractivity contribution in [2.24, 2.45) is 18.9 Å². The van der Waals surface area contributed by atoms with Crippen molar-refractivity contribution in [2.45, 2.75) is 66.7 Å². The van der Waals surface area contributed by atoms with Gasteiger partial charge in [0.05, 0.1) is 10.9 Å². The van der Waals surface area contributed by atoms with Crippen molar-refractivity contribution in [1.29, 1.82) is 0 Å². The number of benzene rings is 3. The lowest BCUT2D eigenvalue weighted by atomic mass is 9.79. The first kappa shape index (κ1) is 23.8. The summed E-state index contributed by atoms with van der Waals surface area (Å²) in [6.45, 7) is 18.7. The molecule has 0 saturated carbocycles. The van der Waals surface area contributed by atoms with Gasteiger partial charge in [-0.2, -0.15) is 4.57 Å². The van der Waals surface area contributed by atoms with Crippen LogP contribution in [0, 0.1) is 25.7 Å². The first-order valence-electron chi connectivity index (χ1n) is 13.2. The minimum Gasteiger partial charge on any atom is -0.198 e. The molecule has 0 bridgehead atoms. The van der Waals surface area contributed by atoms with Crippen LogP contribution in [-0.2, 0) is 12.5 Å². The van der Waals surface area contributed by atoms with Gasteiger partial charge in [0.15, 0.2) is 5.69 Å². The summed E-state index contributed by atoms with van der Waals surface area (Å²) in [7, 11) is 2.22. The first-order chi connectivity index (χ1) is 16.5. The zero-order chi connectivity index (χ0) is 25.2. The Bertz CT molecular complexity index is 1440. The minimum atomic E-state index is 0.00148. The molecule has 0 N–H and O–H groups in total. The molecule has 1 nitrogen and oxygen atoms in total. The second kappa shape index (κ2) is 8.33. The largest absolute Gasteiger partial charge is 0.220 e. The van der Waals surface area contributed by atoms with E-state index in [9.17, 15) is 0 Å². The molecule has 5 rings (SSSR count). The Labute approximate surface area is 211 Å². The molecular formula is C34H40N+. The van der Waals surface area contributed by atoms with Crippen molar-refractivity contribution in [3.05, 3.63) is 88.6 Å². The maximum atomic E-state index is 2.48. The Balaban J connectivity index is 1.75. The van der Waals surface area contributed by atoms with E-state index in [-0.39, 0.29) is 5.41 Å². The Morgan fingerprint density at radius 2 is 1.40 bits per heavy atom. The fourth-order valence-corrected chi connectivity index (χ4v) is 6.78. The lowest BCUT2D eigenvalue weighted by molar-refractivity contribution is -0.665. The molecule has 1 heteroatoms. The molecule has 1 aliphatic rings. The van der Waals surface area contributed by atoms with E-state index < -0.39 is 0 Å². The number of nitrogens with zero attached hydrogens (tertiary/aromatic N) is 1. The van der Waals surface area contributed by atoms with Crippen LogP contribution in [0.2, 0.25) is 0 Å². The monoisotopic (exact) mass is 462 g/mol. The summed E-state index contributed by atoms with van der Waals surface area (Å²) < 4.78 is 2.38. The summed E-state index contributed by atoms with van der Waals surface area (Å²) in [5.41, 5.74) is 12.4. The Morgan fingerprint density at radius 1 is 0.714 bits per heavy atom. The van der Waals surface area contributed by atoms with Gasteiger partial charge in [-0.1, -0.05) is 84.0 Å². The molecule has 0 aliphatic heterocycles. The molecule has 180 valence electrons. The van der Waals surface area contributed by atoms with Gasteiger partial charge in [-0.25, -0.2) is 0 Å². The van der Waals surface area contributed by atoms with Gasteiger partial charge in [0.25, 0.3) is 0 Å². The van der Waals surface area contributed by atoms with Crippen LogP contribution in [-0.4, -0.2) is 0 Å². The highest BCUT2D eigenvalue weighted by Crippen LogP contribution is 2.50. The normalized spacial score (nSPS) is 14.3. The van der Waals surface area contributed by atoms with Crippen molar-refractivity contribution in [3.8, 4) is 22.4 Å². The van der Waals surface area contributed by atoms with Crippen LogP contribution in [0.25, 0.3) is 33.2 Å². The van der Waals surface area contributed by atoms with Crippen molar-refractivity contribution in [3.63, 3.8) is 0 Å². The van der Waals surface area contributed by atoms with Crippen molar-refractivity contribution >= 4 is 10.8 Å². The van der Waals surface area contributed by atoms with Gasteiger partial charge in [-0.15, -0.1) is 0 Å². The number of aromatic nitrogens is 1. The number of hydrogen-bond acceptors (Lipinski definition) is 0. The predicted molar refractivity (Wildman–Crippen MR) is 150 cm³/mol. The predicted octanol–water partition coefficient (Wildman–Crippen LogP) is 8.65. The van der Waals surface area contributed by atoms with Gasteiger partial charge in [0, 0.05) is 18.4 Å². The van der Waals surface area contributed by atoms with E-state index in [1.165, 1.54) is 61.1 Å². The van der Waals surface area contributed by atoms with Crippen LogP contribution in [0.3, 0.4) is 0 Å². The quantitative estimate of drug-likeness (QED) is 0.267. The van der Waals surface area contributed by atoms with E-state index in [1.54, 1.807) is 0 Å². The molecule has 4 aromatic rings. The maximum Gasteiger partial charge on any atom is 0.220 e. The van der Waals surface area contributed by atoms with Crippen LogP contribution in [0.15, 0.2) is 60.7 Å². The van der Waals surface area contributed by atoms with Crippen LogP contribution < -0.4 is 4.57 Å². The third-order valence-corrected chi connectivity index (χ3v) is 8.56. The Morgan fingerprint density at radius 3 is 2.09 bits per heavy atom. The summed E-state index contributed by atoms with van der Waals surface area (Å²) in [5.74, 6) is 1.81. The molecule has 35 heavy (non-hydrogen) atoms. The third-order valence-electron chi connectivity index (χ3n) is 8.56. The van der Waals surface area contributed by atoms with Gasteiger partial charge in [0.2, 0.25) is 5.69 Å². The van der Waals surface area contributed by atoms with Gasteiger partial charge in [-0.05, 0) is 75.6 Å². The zero-order valence-electron chi connectivity index (χ0n) is 23.0. The van der Waals surface area contributed by atoms with Gasteiger partial charge in [0.1, 0.15) is 7.05 Å². The molecular weight excluding hydrogens is 422 g/mol. The van der Waals surface area contributed by atoms with Crippen LogP contribution in [0.4, 0.5) is 0 Å². The lowest BCUT2D eigenvalue weighted by Crippen LogP contribution is -2.35. The second-order valence-electron chi connectivity index (χ2n) is 11.9. The SMILES string of the molecule is Cc1cc2c(cc1-c1c3ccc(C(C(C)C)C(C)C)cc3cc(C)[n+]1C)C(C)(C)c1ccccc1-2. The third kappa shape index (κ3) is 3.63. The van der Waals surface area contributed by atoms with E-state index in [0.29, 0.717) is 17.8 Å². The Hall–Kier alpha value is -2.93. The van der Waals surface area contributed by atoms with Crippen LogP contribution >= 0.6 is 0 Å². The minimum absolute atomic E-state index is 0.00148. The molecule has 0 fully saturated rings. The highest BCUT2D eigenvalue weighted by molar-refractivity contribution is 5.95. The fraction of sp³-hybridized carbons (Fsp3) is 0.382. The Kier molecular flexibility index (Phi) is 5.66. The number of fused-ring (bicyclic) bond motifs is 4. The van der Waals surface area contributed by atoms with E-state index in [0.717, 1.165) is 0 Å². The van der Waals surface area contributed by atoms with Gasteiger partial charge >= 0.3 is 0 Å². The molecule has 0 unspecified atom stereocenters.